The summed E-state index contributed by atoms with van der Waals surface area (Å²) in [5.74, 6) is -0.0494. The number of aromatic amines is 1. The van der Waals surface area contributed by atoms with E-state index in [9.17, 15) is 24.9 Å². The van der Waals surface area contributed by atoms with Crippen LogP contribution in [0.2, 0.25) is 0 Å². The first-order valence-corrected chi connectivity index (χ1v) is 10.6. The fourth-order valence-electron chi connectivity index (χ4n) is 4.24. The highest BCUT2D eigenvalue weighted by atomic mass is 16.4. The molecule has 0 spiro atoms. The molecule has 1 saturated carbocycles. The van der Waals surface area contributed by atoms with Crippen molar-refractivity contribution in [3.05, 3.63) is 38.5 Å². The van der Waals surface area contributed by atoms with Gasteiger partial charge in [-0.25, -0.2) is 9.78 Å². The molecule has 0 amide bonds. The fraction of sp³-hybridized carbons (Fsp3) is 0.524. The maximum Gasteiger partial charge on any atom is 0.349 e. The monoisotopic (exact) mass is 445 g/mol. The number of nitrogens with zero attached hydrogens (tertiary/aromatic N) is 3. The van der Waals surface area contributed by atoms with Crippen LogP contribution in [0, 0.1) is 6.92 Å². The van der Waals surface area contributed by atoms with Gasteiger partial charge in [0.1, 0.15) is 18.3 Å². The maximum absolute atomic E-state index is 12.4. The quantitative estimate of drug-likeness (QED) is 0.258. The molecule has 0 bridgehead atoms. The van der Waals surface area contributed by atoms with Gasteiger partial charge in [0.05, 0.1) is 24.2 Å². The number of anilines is 1. The van der Waals surface area contributed by atoms with Gasteiger partial charge in [-0.1, -0.05) is 12.8 Å². The molecule has 3 aliphatic rings. The van der Waals surface area contributed by atoms with Crippen molar-refractivity contribution in [2.45, 2.75) is 63.5 Å². The van der Waals surface area contributed by atoms with Crippen LogP contribution in [-0.4, -0.2) is 70.9 Å². The molecule has 1 aliphatic carbocycles. The molecule has 1 aromatic rings. The zero-order valence-corrected chi connectivity index (χ0v) is 17.7. The molecule has 1 fully saturated rings. The Morgan fingerprint density at radius 1 is 1.16 bits per heavy atom. The van der Waals surface area contributed by atoms with Gasteiger partial charge in [0.2, 0.25) is 0 Å². The molecule has 2 aliphatic heterocycles. The lowest BCUT2D eigenvalue weighted by atomic mass is 10.1. The summed E-state index contributed by atoms with van der Waals surface area (Å²) >= 11 is 0. The minimum absolute atomic E-state index is 0.0494. The third kappa shape index (κ3) is 4.24. The van der Waals surface area contributed by atoms with Crippen LogP contribution in [0.25, 0.3) is 22.6 Å². The number of aromatic nitrogens is 4. The van der Waals surface area contributed by atoms with E-state index in [1.54, 1.807) is 6.07 Å². The first-order valence-electron chi connectivity index (χ1n) is 10.6. The van der Waals surface area contributed by atoms with Gasteiger partial charge in [-0.05, 0) is 37.5 Å². The number of nitrogens with one attached hydrogen (secondary N) is 2. The molecule has 11 heteroatoms. The third-order valence-electron chi connectivity index (χ3n) is 6.02. The van der Waals surface area contributed by atoms with Gasteiger partial charge in [0, 0.05) is 11.7 Å². The fourth-order valence-corrected chi connectivity index (χ4v) is 4.24. The second-order valence-corrected chi connectivity index (χ2v) is 8.36. The van der Waals surface area contributed by atoms with E-state index < -0.39 is 36.2 Å². The molecule has 0 saturated heterocycles. The van der Waals surface area contributed by atoms with Crippen molar-refractivity contribution in [2.75, 3.05) is 11.9 Å². The van der Waals surface area contributed by atoms with E-state index in [2.05, 4.69) is 20.3 Å². The Kier molecular flexibility index (Phi) is 6.24. The average Bonchev–Trinajstić information content (AvgIpc) is 3.27. The summed E-state index contributed by atoms with van der Waals surface area (Å²) in [5, 5.41) is 43.0. The van der Waals surface area contributed by atoms with Crippen LogP contribution in [0.5, 0.6) is 0 Å². The number of benzene rings is 1. The highest BCUT2D eigenvalue weighted by Gasteiger charge is 2.28. The number of hydrogen-bond acceptors (Lipinski definition) is 9. The largest absolute Gasteiger partial charge is 0.394 e. The molecular weight excluding hydrogens is 418 g/mol. The van der Waals surface area contributed by atoms with Crippen LogP contribution in [0.1, 0.15) is 31.2 Å². The van der Waals surface area contributed by atoms with Crippen molar-refractivity contribution in [3.63, 3.8) is 0 Å². The van der Waals surface area contributed by atoms with Crippen LogP contribution in [0.15, 0.2) is 21.7 Å². The van der Waals surface area contributed by atoms with Crippen LogP contribution >= 0.6 is 0 Å². The van der Waals surface area contributed by atoms with Crippen LogP contribution in [0.3, 0.4) is 0 Å². The lowest BCUT2D eigenvalue weighted by molar-refractivity contribution is -0.0802. The molecule has 0 aromatic heterocycles. The zero-order chi connectivity index (χ0) is 23.0. The van der Waals surface area contributed by atoms with E-state index >= 15 is 0 Å². The van der Waals surface area contributed by atoms with Crippen molar-refractivity contribution in [2.24, 2.45) is 0 Å². The second kappa shape index (κ2) is 8.94. The van der Waals surface area contributed by atoms with E-state index in [-0.39, 0.29) is 18.1 Å². The lowest BCUT2D eigenvalue weighted by Crippen LogP contribution is -2.42. The summed E-state index contributed by atoms with van der Waals surface area (Å²) < 4.78 is 1.44. The molecule has 0 radical (unpaired) electrons. The number of aliphatic hydroxyl groups is 4. The van der Waals surface area contributed by atoms with Gasteiger partial charge in [0.15, 0.2) is 11.5 Å². The first kappa shape index (κ1) is 22.3. The van der Waals surface area contributed by atoms with Crippen molar-refractivity contribution in [1.29, 1.82) is 0 Å². The SMILES string of the molecule is Cc1cc2nc3c(=O)[nH]c(=O)nc-3n(CC(O)C(O)C(O)CO)c2cc1NC1CCCC1. The van der Waals surface area contributed by atoms with Crippen molar-refractivity contribution in [3.8, 4) is 11.5 Å². The molecule has 4 rings (SSSR count). The Morgan fingerprint density at radius 3 is 2.56 bits per heavy atom. The molecule has 32 heavy (non-hydrogen) atoms. The second-order valence-electron chi connectivity index (χ2n) is 8.36. The summed E-state index contributed by atoms with van der Waals surface area (Å²) in [6.07, 6.45) is -0.278. The average molecular weight is 445 g/mol. The van der Waals surface area contributed by atoms with E-state index in [0.29, 0.717) is 17.1 Å². The smallest absolute Gasteiger partial charge is 0.349 e. The number of aryl methyl sites for hydroxylation is 1. The van der Waals surface area contributed by atoms with Gasteiger partial charge < -0.3 is 30.3 Å². The number of rotatable bonds is 7. The molecule has 6 N–H and O–H groups in total. The van der Waals surface area contributed by atoms with E-state index in [4.69, 9.17) is 5.11 Å². The summed E-state index contributed by atoms with van der Waals surface area (Å²) in [4.78, 5) is 34.7. The van der Waals surface area contributed by atoms with Crippen LogP contribution in [0.4, 0.5) is 5.69 Å². The number of fused-ring (bicyclic) bond motifs is 2. The summed E-state index contributed by atoms with van der Waals surface area (Å²) in [6, 6.07) is 3.97. The highest BCUT2D eigenvalue weighted by Crippen LogP contribution is 2.30. The molecule has 2 heterocycles. The molecule has 1 aromatic carbocycles. The first-order chi connectivity index (χ1) is 15.3. The van der Waals surface area contributed by atoms with Crippen LogP contribution < -0.4 is 16.6 Å². The predicted molar refractivity (Wildman–Crippen MR) is 117 cm³/mol. The Hall–Kier alpha value is -2.86. The van der Waals surface area contributed by atoms with Gasteiger partial charge >= 0.3 is 5.69 Å². The number of hydrogen-bond donors (Lipinski definition) is 6. The molecule has 3 unspecified atom stereocenters. The molecule has 3 atom stereocenters. The zero-order valence-electron chi connectivity index (χ0n) is 17.7. The lowest BCUT2D eigenvalue weighted by Gasteiger charge is -2.25. The topological polar surface area (TPSA) is 174 Å². The van der Waals surface area contributed by atoms with Gasteiger partial charge in [-0.3, -0.25) is 9.78 Å². The van der Waals surface area contributed by atoms with Gasteiger partial charge in [0.25, 0.3) is 5.56 Å². The summed E-state index contributed by atoms with van der Waals surface area (Å²) in [5.41, 5.74) is 1.05. The highest BCUT2D eigenvalue weighted by molar-refractivity contribution is 5.84. The Balaban J connectivity index is 1.89. The Bertz CT molecular complexity index is 1200. The summed E-state index contributed by atoms with van der Waals surface area (Å²) in [6.45, 7) is 0.889. The molecule has 11 nitrogen and oxygen atoms in total. The maximum atomic E-state index is 12.4. The van der Waals surface area contributed by atoms with E-state index in [1.165, 1.54) is 4.57 Å². The normalized spacial score (nSPS) is 17.7. The Labute approximate surface area is 182 Å². The number of aliphatic hydroxyl groups excluding tert-OH is 4. The predicted octanol–water partition coefficient (Wildman–Crippen LogP) is -0.677. The third-order valence-corrected chi connectivity index (χ3v) is 6.02. The van der Waals surface area contributed by atoms with Crippen LogP contribution in [-0.2, 0) is 6.54 Å². The number of H-pyrrole nitrogens is 1. The minimum atomic E-state index is -1.65. The van der Waals surface area contributed by atoms with Crippen molar-refractivity contribution < 1.29 is 20.4 Å². The van der Waals surface area contributed by atoms with Crippen molar-refractivity contribution >= 4 is 16.7 Å². The van der Waals surface area contributed by atoms with E-state index in [1.807, 2.05) is 13.0 Å². The molecular formula is C21H27N5O6. The Morgan fingerprint density at radius 2 is 1.88 bits per heavy atom. The van der Waals surface area contributed by atoms with Gasteiger partial charge in [-0.2, -0.15) is 4.98 Å². The van der Waals surface area contributed by atoms with Crippen molar-refractivity contribution in [1.82, 2.24) is 19.5 Å². The summed E-state index contributed by atoms with van der Waals surface area (Å²) in [7, 11) is 0. The standard InChI is InChI=1S/C21H27N5O6/c1-10-6-13-14(7-12(10)22-11-4-2-3-5-11)26(8-15(28)18(30)16(29)9-27)19-17(23-13)20(31)25-21(32)24-19/h6-7,11,15-16,18,22,27-30H,2-5,8-9H2,1H3,(H,25,31,32). The van der Waals surface area contributed by atoms with E-state index in [0.717, 1.165) is 36.9 Å². The van der Waals surface area contributed by atoms with Gasteiger partial charge in [-0.15, -0.1) is 0 Å². The molecule has 172 valence electrons. The minimum Gasteiger partial charge on any atom is -0.394 e.